The van der Waals surface area contributed by atoms with Crippen LogP contribution >= 0.6 is 11.8 Å². The summed E-state index contributed by atoms with van der Waals surface area (Å²) >= 11 is 1.87. The van der Waals surface area contributed by atoms with E-state index in [-0.39, 0.29) is 0 Å². The Labute approximate surface area is 89.2 Å². The van der Waals surface area contributed by atoms with Crippen molar-refractivity contribution in [2.75, 3.05) is 5.75 Å². The SMILES string of the molecule is C=CSCCC[Si](CC)(CC)CC. The van der Waals surface area contributed by atoms with Gasteiger partial charge in [0.05, 0.1) is 8.07 Å². The lowest BCUT2D eigenvalue weighted by Crippen LogP contribution is -2.30. The first-order chi connectivity index (χ1) is 6.24. The number of thioether (sulfide) groups is 1. The Morgan fingerprint density at radius 2 is 1.69 bits per heavy atom. The molecule has 13 heavy (non-hydrogen) atoms. The lowest BCUT2D eigenvalue weighted by atomic mass is 10.6. The Bertz CT molecular complexity index is 122. The molecule has 0 aromatic heterocycles. The smallest absolute Gasteiger partial charge is 0.0527 e. The van der Waals surface area contributed by atoms with E-state index in [4.69, 9.17) is 0 Å². The summed E-state index contributed by atoms with van der Waals surface area (Å²) in [5.41, 5.74) is 0. The van der Waals surface area contributed by atoms with Crippen molar-refractivity contribution in [2.24, 2.45) is 0 Å². The third kappa shape index (κ3) is 4.92. The normalized spacial score (nSPS) is 11.6. The van der Waals surface area contributed by atoms with Gasteiger partial charge in [-0.15, -0.1) is 11.8 Å². The molecule has 0 radical (unpaired) electrons. The maximum atomic E-state index is 3.73. The van der Waals surface area contributed by atoms with E-state index in [0.717, 1.165) is 0 Å². The topological polar surface area (TPSA) is 0 Å². The Morgan fingerprint density at radius 3 is 2.08 bits per heavy atom. The molecule has 0 aliphatic rings. The van der Waals surface area contributed by atoms with Crippen molar-refractivity contribution in [2.45, 2.75) is 51.4 Å². The first-order valence-electron chi connectivity index (χ1n) is 5.47. The van der Waals surface area contributed by atoms with Crippen LogP contribution in [0.4, 0.5) is 0 Å². The second kappa shape index (κ2) is 7.69. The van der Waals surface area contributed by atoms with Crippen LogP contribution < -0.4 is 0 Å². The maximum absolute atomic E-state index is 3.73. The molecule has 0 aliphatic heterocycles. The first kappa shape index (κ1) is 13.3. The zero-order valence-corrected chi connectivity index (χ0v) is 11.3. The van der Waals surface area contributed by atoms with E-state index in [1.807, 2.05) is 17.2 Å². The fourth-order valence-electron chi connectivity index (χ4n) is 1.89. The number of hydrogen-bond acceptors (Lipinski definition) is 1. The van der Waals surface area contributed by atoms with Gasteiger partial charge in [-0.25, -0.2) is 0 Å². The highest BCUT2D eigenvalue weighted by molar-refractivity contribution is 8.02. The van der Waals surface area contributed by atoms with Gasteiger partial charge in [0.15, 0.2) is 0 Å². The third-order valence-electron chi connectivity index (χ3n) is 3.34. The van der Waals surface area contributed by atoms with E-state index in [0.29, 0.717) is 0 Å². The molecule has 0 aliphatic carbocycles. The molecule has 2 heteroatoms. The van der Waals surface area contributed by atoms with Gasteiger partial charge < -0.3 is 0 Å². The molecule has 0 saturated heterocycles. The van der Waals surface area contributed by atoms with Gasteiger partial charge in [0, 0.05) is 0 Å². The summed E-state index contributed by atoms with van der Waals surface area (Å²) in [6, 6.07) is 5.94. The van der Waals surface area contributed by atoms with Gasteiger partial charge in [0.25, 0.3) is 0 Å². The van der Waals surface area contributed by atoms with Gasteiger partial charge in [-0.05, 0) is 17.6 Å². The van der Waals surface area contributed by atoms with Crippen molar-refractivity contribution in [3.63, 3.8) is 0 Å². The number of hydrogen-bond donors (Lipinski definition) is 0. The number of rotatable bonds is 8. The van der Waals surface area contributed by atoms with E-state index in [2.05, 4.69) is 27.4 Å². The zero-order chi connectivity index (χ0) is 10.2. The van der Waals surface area contributed by atoms with Gasteiger partial charge in [0.2, 0.25) is 0 Å². The monoisotopic (exact) mass is 216 g/mol. The summed E-state index contributed by atoms with van der Waals surface area (Å²) in [6.45, 7) is 10.9. The maximum Gasteiger partial charge on any atom is 0.0527 e. The van der Waals surface area contributed by atoms with Gasteiger partial charge in [-0.2, -0.15) is 0 Å². The van der Waals surface area contributed by atoms with Gasteiger partial charge in [-0.1, -0.05) is 51.5 Å². The molecule has 0 spiro atoms. The highest BCUT2D eigenvalue weighted by Crippen LogP contribution is 2.27. The van der Waals surface area contributed by atoms with E-state index in [9.17, 15) is 0 Å². The van der Waals surface area contributed by atoms with Crippen molar-refractivity contribution in [1.82, 2.24) is 0 Å². The van der Waals surface area contributed by atoms with E-state index in [1.54, 1.807) is 0 Å². The predicted octanol–water partition coefficient (Wildman–Crippen LogP) is 4.76. The highest BCUT2D eigenvalue weighted by Gasteiger charge is 2.25. The minimum atomic E-state index is -0.815. The Kier molecular flexibility index (Phi) is 7.87. The Balaban J connectivity index is 3.74. The quantitative estimate of drug-likeness (QED) is 0.416. The zero-order valence-electron chi connectivity index (χ0n) is 9.44. The van der Waals surface area contributed by atoms with Crippen LogP contribution in [0.1, 0.15) is 27.2 Å². The molecular formula is C11H24SSi. The van der Waals surface area contributed by atoms with E-state index < -0.39 is 8.07 Å². The fraction of sp³-hybridized carbons (Fsp3) is 0.818. The van der Waals surface area contributed by atoms with Crippen molar-refractivity contribution in [1.29, 1.82) is 0 Å². The molecule has 0 nitrogen and oxygen atoms in total. The van der Waals surface area contributed by atoms with E-state index >= 15 is 0 Å². The van der Waals surface area contributed by atoms with Crippen molar-refractivity contribution in [3.05, 3.63) is 12.0 Å². The molecule has 0 amide bonds. The second-order valence-electron chi connectivity index (χ2n) is 3.70. The van der Waals surface area contributed by atoms with E-state index in [1.165, 1.54) is 36.4 Å². The van der Waals surface area contributed by atoms with Crippen LogP contribution in [0.2, 0.25) is 24.2 Å². The highest BCUT2D eigenvalue weighted by atomic mass is 32.2. The van der Waals surface area contributed by atoms with Crippen molar-refractivity contribution >= 4 is 19.8 Å². The molecule has 0 atom stereocenters. The molecule has 78 valence electrons. The molecule has 0 saturated carbocycles. The molecule has 0 aromatic carbocycles. The van der Waals surface area contributed by atoms with Crippen LogP contribution in [0, 0.1) is 0 Å². The van der Waals surface area contributed by atoms with Crippen molar-refractivity contribution < 1.29 is 0 Å². The fourth-order valence-corrected chi connectivity index (χ4v) is 6.12. The van der Waals surface area contributed by atoms with Crippen LogP contribution in [0.5, 0.6) is 0 Å². The van der Waals surface area contributed by atoms with Crippen LogP contribution in [0.15, 0.2) is 12.0 Å². The van der Waals surface area contributed by atoms with Crippen LogP contribution in [0.25, 0.3) is 0 Å². The first-order valence-corrected chi connectivity index (χ1v) is 9.35. The molecular weight excluding hydrogens is 192 g/mol. The van der Waals surface area contributed by atoms with Crippen LogP contribution in [0.3, 0.4) is 0 Å². The molecule has 0 fully saturated rings. The predicted molar refractivity (Wildman–Crippen MR) is 69.3 cm³/mol. The van der Waals surface area contributed by atoms with Gasteiger partial charge in [-0.3, -0.25) is 0 Å². The summed E-state index contributed by atoms with van der Waals surface area (Å²) in [5, 5.41) is 1.97. The molecule has 0 rings (SSSR count). The van der Waals surface area contributed by atoms with Crippen molar-refractivity contribution in [3.8, 4) is 0 Å². The minimum Gasteiger partial charge on any atom is -0.135 e. The molecule has 0 bridgehead atoms. The van der Waals surface area contributed by atoms with Crippen LogP contribution in [-0.4, -0.2) is 13.8 Å². The largest absolute Gasteiger partial charge is 0.135 e. The Morgan fingerprint density at radius 1 is 1.15 bits per heavy atom. The summed E-state index contributed by atoms with van der Waals surface area (Å²) in [6.07, 6.45) is 1.40. The second-order valence-corrected chi connectivity index (χ2v) is 10.4. The Hall–Kier alpha value is 0.307. The standard InChI is InChI=1S/C11H24SSi/c1-5-12-10-9-11-13(6-2,7-3)8-4/h5H,1,6-11H2,2-4H3. The lowest BCUT2D eigenvalue weighted by molar-refractivity contribution is 1.00. The third-order valence-corrected chi connectivity index (χ3v) is 10.0. The van der Waals surface area contributed by atoms with Gasteiger partial charge in [0.1, 0.15) is 0 Å². The van der Waals surface area contributed by atoms with Gasteiger partial charge >= 0.3 is 0 Å². The lowest BCUT2D eigenvalue weighted by Gasteiger charge is -2.27. The molecule has 0 heterocycles. The molecule has 0 N–H and O–H groups in total. The minimum absolute atomic E-state index is 0.815. The molecule has 0 aromatic rings. The summed E-state index contributed by atoms with van der Waals surface area (Å²) in [4.78, 5) is 0. The average Bonchev–Trinajstić information content (AvgIpc) is 2.20. The summed E-state index contributed by atoms with van der Waals surface area (Å²) in [5.74, 6) is 1.28. The summed E-state index contributed by atoms with van der Waals surface area (Å²) < 4.78 is 0. The average molecular weight is 216 g/mol. The summed E-state index contributed by atoms with van der Waals surface area (Å²) in [7, 11) is -0.815. The van der Waals surface area contributed by atoms with Crippen LogP contribution in [-0.2, 0) is 0 Å². The molecule has 0 unspecified atom stereocenters.